The predicted octanol–water partition coefficient (Wildman–Crippen LogP) is 1.79. The van der Waals surface area contributed by atoms with E-state index < -0.39 is 10.0 Å². The smallest absolute Gasteiger partial charge is 0.262 e. The van der Waals surface area contributed by atoms with E-state index in [1.54, 1.807) is 6.07 Å². The largest absolute Gasteiger partial charge is 0.495 e. The molecule has 2 aromatic carbocycles. The molecule has 27 heavy (non-hydrogen) atoms. The number of carbonyl (C=O) groups excluding carboxylic acids is 2. The minimum absolute atomic E-state index is 0.0703. The molecule has 1 aliphatic heterocycles. The Hall–Kier alpha value is -3.27. The average molecular weight is 391 g/mol. The second-order valence-electron chi connectivity index (χ2n) is 5.70. The molecule has 2 amide bonds. The minimum Gasteiger partial charge on any atom is -0.495 e. The molecule has 0 unspecified atom stereocenters. The van der Waals surface area contributed by atoms with Gasteiger partial charge in [0.05, 0.1) is 23.4 Å². The van der Waals surface area contributed by atoms with Gasteiger partial charge in [-0.05, 0) is 36.4 Å². The summed E-state index contributed by atoms with van der Waals surface area (Å²) in [5, 5.41) is 5.14. The number of hydrogen-bond acceptors (Lipinski definition) is 6. The maximum atomic E-state index is 12.8. The minimum atomic E-state index is -3.99. The number of carbonyl (C=O) groups is 2. The van der Waals surface area contributed by atoms with E-state index in [-0.39, 0.29) is 40.4 Å². The molecule has 2 aromatic rings. The first-order valence-electron chi connectivity index (χ1n) is 7.83. The van der Waals surface area contributed by atoms with Gasteiger partial charge in [-0.15, -0.1) is 0 Å². The van der Waals surface area contributed by atoms with E-state index in [4.69, 9.17) is 9.47 Å². The molecular formula is C17H17N3O6S. The number of nitrogens with one attached hydrogen (secondary N) is 3. The van der Waals surface area contributed by atoms with Crippen molar-refractivity contribution in [2.45, 2.75) is 11.8 Å². The quantitative estimate of drug-likeness (QED) is 0.714. The summed E-state index contributed by atoms with van der Waals surface area (Å²) in [7, 11) is -2.59. The first-order chi connectivity index (χ1) is 12.8. The van der Waals surface area contributed by atoms with Crippen LogP contribution in [-0.4, -0.2) is 33.9 Å². The highest BCUT2D eigenvalue weighted by atomic mass is 32.2. The summed E-state index contributed by atoms with van der Waals surface area (Å²) in [5.74, 6) is 0.00940. The Labute approximate surface area is 155 Å². The number of hydrogen-bond donors (Lipinski definition) is 3. The number of ether oxygens (including phenoxy) is 2. The van der Waals surface area contributed by atoms with Crippen LogP contribution < -0.4 is 24.8 Å². The average Bonchev–Trinajstić information content (AvgIpc) is 2.60. The highest BCUT2D eigenvalue weighted by molar-refractivity contribution is 7.92. The van der Waals surface area contributed by atoms with E-state index in [2.05, 4.69) is 15.4 Å². The highest BCUT2D eigenvalue weighted by Crippen LogP contribution is 2.33. The van der Waals surface area contributed by atoms with Crippen molar-refractivity contribution in [3.63, 3.8) is 0 Å². The van der Waals surface area contributed by atoms with Crippen LogP contribution in [0.3, 0.4) is 0 Å². The van der Waals surface area contributed by atoms with E-state index in [1.807, 2.05) is 0 Å². The van der Waals surface area contributed by atoms with Gasteiger partial charge in [-0.2, -0.15) is 0 Å². The summed E-state index contributed by atoms with van der Waals surface area (Å²) in [4.78, 5) is 22.6. The number of amides is 2. The van der Waals surface area contributed by atoms with Crippen molar-refractivity contribution in [1.82, 2.24) is 0 Å². The van der Waals surface area contributed by atoms with Crippen LogP contribution in [0.2, 0.25) is 0 Å². The molecule has 10 heteroatoms. The molecule has 1 heterocycles. The Kier molecular flexibility index (Phi) is 4.91. The van der Waals surface area contributed by atoms with Crippen LogP contribution in [0.25, 0.3) is 0 Å². The van der Waals surface area contributed by atoms with Crippen LogP contribution in [0.4, 0.5) is 17.1 Å². The van der Waals surface area contributed by atoms with Crippen molar-refractivity contribution in [3.8, 4) is 11.5 Å². The fraction of sp³-hybridized carbons (Fsp3) is 0.176. The number of fused-ring (bicyclic) bond motifs is 1. The molecule has 0 spiro atoms. The molecule has 0 bridgehead atoms. The van der Waals surface area contributed by atoms with Gasteiger partial charge in [0.25, 0.3) is 15.9 Å². The van der Waals surface area contributed by atoms with Crippen LogP contribution in [0.15, 0.2) is 41.3 Å². The van der Waals surface area contributed by atoms with Crippen molar-refractivity contribution in [2.24, 2.45) is 0 Å². The lowest BCUT2D eigenvalue weighted by Gasteiger charge is -2.19. The summed E-state index contributed by atoms with van der Waals surface area (Å²) in [6, 6.07) is 8.70. The molecule has 0 atom stereocenters. The van der Waals surface area contributed by atoms with Gasteiger partial charge < -0.3 is 20.1 Å². The van der Waals surface area contributed by atoms with Gasteiger partial charge in [0, 0.05) is 12.6 Å². The second-order valence-corrected chi connectivity index (χ2v) is 7.38. The van der Waals surface area contributed by atoms with Crippen molar-refractivity contribution < 1.29 is 27.5 Å². The number of benzene rings is 2. The van der Waals surface area contributed by atoms with Gasteiger partial charge in [0.2, 0.25) is 5.91 Å². The van der Waals surface area contributed by atoms with Crippen LogP contribution in [0.5, 0.6) is 11.5 Å². The van der Waals surface area contributed by atoms with Gasteiger partial charge in [-0.25, -0.2) is 8.42 Å². The van der Waals surface area contributed by atoms with Crippen molar-refractivity contribution in [1.29, 1.82) is 0 Å². The molecule has 0 radical (unpaired) electrons. The monoisotopic (exact) mass is 391 g/mol. The van der Waals surface area contributed by atoms with E-state index in [9.17, 15) is 18.0 Å². The standard InChI is InChI=1S/C17H17N3O6S/c1-10(21)18-11-3-5-15(25-2)14(7-11)20-27(23,24)12-4-6-16-13(8-12)19-17(22)9-26-16/h3-8,20H,9H2,1-2H3,(H,18,21)(H,19,22). The molecule has 9 nitrogen and oxygen atoms in total. The Morgan fingerprint density at radius 1 is 1.22 bits per heavy atom. The van der Waals surface area contributed by atoms with Crippen LogP contribution >= 0.6 is 0 Å². The maximum Gasteiger partial charge on any atom is 0.262 e. The van der Waals surface area contributed by atoms with E-state index in [0.717, 1.165) is 0 Å². The van der Waals surface area contributed by atoms with Gasteiger partial charge in [-0.1, -0.05) is 0 Å². The van der Waals surface area contributed by atoms with Gasteiger partial charge in [0.15, 0.2) is 6.61 Å². The molecule has 0 saturated heterocycles. The SMILES string of the molecule is COc1ccc(NC(C)=O)cc1NS(=O)(=O)c1ccc2c(c1)NC(=O)CO2. The number of anilines is 3. The van der Waals surface area contributed by atoms with Gasteiger partial charge in [0.1, 0.15) is 11.5 Å². The van der Waals surface area contributed by atoms with Crippen molar-refractivity contribution in [2.75, 3.05) is 29.1 Å². The lowest BCUT2D eigenvalue weighted by molar-refractivity contribution is -0.118. The molecule has 0 aliphatic carbocycles. The molecule has 0 fully saturated rings. The third-order valence-electron chi connectivity index (χ3n) is 3.66. The lowest BCUT2D eigenvalue weighted by Crippen LogP contribution is -2.25. The Balaban J connectivity index is 1.93. The first kappa shape index (κ1) is 18.5. The normalized spacial score (nSPS) is 13.0. The molecule has 0 aromatic heterocycles. The summed E-state index contributed by atoms with van der Waals surface area (Å²) in [5.41, 5.74) is 0.835. The zero-order chi connectivity index (χ0) is 19.6. The van der Waals surface area contributed by atoms with Crippen molar-refractivity contribution in [3.05, 3.63) is 36.4 Å². The fourth-order valence-electron chi connectivity index (χ4n) is 2.50. The zero-order valence-electron chi connectivity index (χ0n) is 14.5. The van der Waals surface area contributed by atoms with Crippen LogP contribution in [0.1, 0.15) is 6.92 Å². The molecule has 0 saturated carbocycles. The van der Waals surface area contributed by atoms with E-state index in [0.29, 0.717) is 11.4 Å². The van der Waals surface area contributed by atoms with Crippen molar-refractivity contribution >= 4 is 38.9 Å². The Morgan fingerprint density at radius 2 is 2.00 bits per heavy atom. The summed E-state index contributed by atoms with van der Waals surface area (Å²) >= 11 is 0. The Morgan fingerprint density at radius 3 is 2.70 bits per heavy atom. The van der Waals surface area contributed by atoms with Crippen LogP contribution in [-0.2, 0) is 19.6 Å². The molecular weight excluding hydrogens is 374 g/mol. The molecule has 3 N–H and O–H groups in total. The topological polar surface area (TPSA) is 123 Å². The number of sulfonamides is 1. The molecule has 3 rings (SSSR count). The fourth-order valence-corrected chi connectivity index (χ4v) is 3.59. The first-order valence-corrected chi connectivity index (χ1v) is 9.32. The van der Waals surface area contributed by atoms with E-state index in [1.165, 1.54) is 44.4 Å². The predicted molar refractivity (Wildman–Crippen MR) is 98.7 cm³/mol. The third-order valence-corrected chi connectivity index (χ3v) is 5.02. The Bertz CT molecular complexity index is 1020. The van der Waals surface area contributed by atoms with E-state index >= 15 is 0 Å². The summed E-state index contributed by atoms with van der Waals surface area (Å²) in [6.07, 6.45) is 0. The van der Waals surface area contributed by atoms with Gasteiger partial charge >= 0.3 is 0 Å². The number of methoxy groups -OCH3 is 1. The highest BCUT2D eigenvalue weighted by Gasteiger charge is 2.22. The summed E-state index contributed by atoms with van der Waals surface area (Å²) < 4.78 is 38.4. The lowest BCUT2D eigenvalue weighted by atomic mass is 10.2. The molecule has 142 valence electrons. The number of rotatable bonds is 5. The maximum absolute atomic E-state index is 12.8. The summed E-state index contributed by atoms with van der Waals surface area (Å²) in [6.45, 7) is 1.22. The van der Waals surface area contributed by atoms with Crippen LogP contribution in [0, 0.1) is 0 Å². The van der Waals surface area contributed by atoms with Gasteiger partial charge in [-0.3, -0.25) is 14.3 Å². The molecule has 1 aliphatic rings. The third kappa shape index (κ3) is 4.11. The second kappa shape index (κ2) is 7.16. The zero-order valence-corrected chi connectivity index (χ0v) is 15.3.